The van der Waals surface area contributed by atoms with Crippen molar-refractivity contribution >= 4 is 11.6 Å². The summed E-state index contributed by atoms with van der Waals surface area (Å²) in [6.07, 6.45) is 5.55. The van der Waals surface area contributed by atoms with Gasteiger partial charge in [0.15, 0.2) is 0 Å². The summed E-state index contributed by atoms with van der Waals surface area (Å²) in [7, 11) is 0. The molecule has 21 heavy (non-hydrogen) atoms. The summed E-state index contributed by atoms with van der Waals surface area (Å²) in [5.41, 5.74) is 3.57. The minimum atomic E-state index is 0.0892. The third-order valence-electron chi connectivity index (χ3n) is 3.76. The Hall–Kier alpha value is -1.58. The zero-order chi connectivity index (χ0) is 14.7. The van der Waals surface area contributed by atoms with Crippen molar-refractivity contribution in [2.75, 3.05) is 13.2 Å². The number of halogens is 1. The summed E-state index contributed by atoms with van der Waals surface area (Å²) in [5.74, 6) is 1.01. The largest absolute Gasteiger partial charge is 0.493 e. The van der Waals surface area contributed by atoms with E-state index in [9.17, 15) is 0 Å². The summed E-state index contributed by atoms with van der Waals surface area (Å²) in [6.45, 7) is 3.88. The first-order valence-corrected chi connectivity index (χ1v) is 7.76. The molecule has 0 saturated heterocycles. The fourth-order valence-corrected chi connectivity index (χ4v) is 2.93. The molecule has 0 bridgehead atoms. The molecule has 1 aromatic heterocycles. The number of nitrogens with one attached hydrogen (secondary N) is 1. The number of fused-ring (bicyclic) bond motifs is 1. The lowest BCUT2D eigenvalue weighted by Crippen LogP contribution is -2.23. The zero-order valence-corrected chi connectivity index (χ0v) is 12.9. The van der Waals surface area contributed by atoms with Crippen molar-refractivity contribution in [1.29, 1.82) is 0 Å². The molecule has 0 aliphatic carbocycles. The van der Waals surface area contributed by atoms with Gasteiger partial charge in [0.1, 0.15) is 5.75 Å². The third kappa shape index (κ3) is 3.04. The topological polar surface area (TPSA) is 34.1 Å². The monoisotopic (exact) mass is 302 g/mol. The molecule has 1 N–H and O–H groups in total. The molecule has 0 fully saturated rings. The van der Waals surface area contributed by atoms with Gasteiger partial charge in [-0.1, -0.05) is 30.7 Å². The molecular formula is C17H19ClN2O. The van der Waals surface area contributed by atoms with Gasteiger partial charge in [-0.15, -0.1) is 0 Å². The number of nitrogens with zero attached hydrogens (tertiary/aromatic N) is 1. The van der Waals surface area contributed by atoms with Crippen molar-refractivity contribution in [1.82, 2.24) is 10.3 Å². The van der Waals surface area contributed by atoms with Crippen LogP contribution in [0, 0.1) is 0 Å². The van der Waals surface area contributed by atoms with Crippen LogP contribution < -0.4 is 10.1 Å². The van der Waals surface area contributed by atoms with E-state index in [0.29, 0.717) is 5.02 Å². The molecule has 110 valence electrons. The van der Waals surface area contributed by atoms with Crippen LogP contribution in [0.3, 0.4) is 0 Å². The molecule has 3 nitrogen and oxygen atoms in total. The summed E-state index contributed by atoms with van der Waals surface area (Å²) >= 11 is 6.34. The maximum Gasteiger partial charge on any atom is 0.122 e. The van der Waals surface area contributed by atoms with E-state index in [1.807, 2.05) is 6.07 Å². The Morgan fingerprint density at radius 2 is 2.29 bits per heavy atom. The molecular weight excluding hydrogens is 284 g/mol. The lowest BCUT2D eigenvalue weighted by molar-refractivity contribution is 0.357. The van der Waals surface area contributed by atoms with E-state index in [2.05, 4.69) is 35.4 Å². The fourth-order valence-electron chi connectivity index (χ4n) is 2.70. The summed E-state index contributed by atoms with van der Waals surface area (Å²) in [6, 6.07) is 8.49. The van der Waals surface area contributed by atoms with E-state index in [1.165, 1.54) is 11.1 Å². The second kappa shape index (κ2) is 6.46. The molecule has 1 unspecified atom stereocenters. The molecule has 1 aromatic carbocycles. The molecule has 1 atom stereocenters. The molecule has 4 heteroatoms. The van der Waals surface area contributed by atoms with Gasteiger partial charge >= 0.3 is 0 Å². The van der Waals surface area contributed by atoms with Gasteiger partial charge in [-0.25, -0.2) is 0 Å². The van der Waals surface area contributed by atoms with Gasteiger partial charge in [0, 0.05) is 18.8 Å². The standard InChI is InChI=1S/C17H19ClN2O/c1-2-7-20-17(14-5-8-19-11-15(14)18)13-3-4-16-12(10-13)6-9-21-16/h3-5,8,10-11,17,20H,2,6-7,9H2,1H3. The second-order valence-corrected chi connectivity index (χ2v) is 5.66. The average molecular weight is 303 g/mol. The van der Waals surface area contributed by atoms with Crippen LogP contribution in [0.1, 0.15) is 36.1 Å². The van der Waals surface area contributed by atoms with Gasteiger partial charge < -0.3 is 10.1 Å². The van der Waals surface area contributed by atoms with Crippen molar-refractivity contribution in [2.24, 2.45) is 0 Å². The number of aromatic nitrogens is 1. The molecule has 0 spiro atoms. The van der Waals surface area contributed by atoms with Crippen molar-refractivity contribution in [3.05, 3.63) is 58.4 Å². The zero-order valence-electron chi connectivity index (χ0n) is 12.1. The highest BCUT2D eigenvalue weighted by Gasteiger charge is 2.19. The van der Waals surface area contributed by atoms with Gasteiger partial charge in [0.2, 0.25) is 0 Å². The average Bonchev–Trinajstić information content (AvgIpc) is 2.97. The number of pyridine rings is 1. The molecule has 2 aromatic rings. The van der Waals surface area contributed by atoms with Crippen LogP contribution in [0.15, 0.2) is 36.7 Å². The van der Waals surface area contributed by atoms with E-state index in [4.69, 9.17) is 16.3 Å². The Kier molecular flexibility index (Phi) is 4.42. The fraction of sp³-hybridized carbons (Fsp3) is 0.353. The highest BCUT2D eigenvalue weighted by molar-refractivity contribution is 6.31. The summed E-state index contributed by atoms with van der Waals surface area (Å²) in [4.78, 5) is 4.08. The highest BCUT2D eigenvalue weighted by atomic mass is 35.5. The van der Waals surface area contributed by atoms with Gasteiger partial charge in [0.05, 0.1) is 17.7 Å². The Bertz CT molecular complexity index is 630. The lowest BCUT2D eigenvalue weighted by Gasteiger charge is -2.21. The molecule has 0 radical (unpaired) electrons. The van der Waals surface area contributed by atoms with Crippen molar-refractivity contribution in [3.63, 3.8) is 0 Å². The number of ether oxygens (including phenoxy) is 1. The Balaban J connectivity index is 1.97. The Morgan fingerprint density at radius 1 is 1.38 bits per heavy atom. The van der Waals surface area contributed by atoms with Gasteiger partial charge in [0.25, 0.3) is 0 Å². The van der Waals surface area contributed by atoms with Crippen LogP contribution in [0.25, 0.3) is 0 Å². The minimum Gasteiger partial charge on any atom is -0.493 e. The summed E-state index contributed by atoms with van der Waals surface area (Å²) < 4.78 is 5.59. The van der Waals surface area contributed by atoms with Crippen LogP contribution in [-0.4, -0.2) is 18.1 Å². The number of benzene rings is 1. The van der Waals surface area contributed by atoms with E-state index < -0.39 is 0 Å². The molecule has 1 aliphatic rings. The van der Waals surface area contributed by atoms with E-state index in [-0.39, 0.29) is 6.04 Å². The van der Waals surface area contributed by atoms with E-state index in [0.717, 1.165) is 37.3 Å². The highest BCUT2D eigenvalue weighted by Crippen LogP contribution is 2.32. The second-order valence-electron chi connectivity index (χ2n) is 5.25. The maximum absolute atomic E-state index is 6.34. The number of hydrogen-bond acceptors (Lipinski definition) is 3. The van der Waals surface area contributed by atoms with Crippen LogP contribution >= 0.6 is 11.6 Å². The molecule has 0 saturated carbocycles. The van der Waals surface area contributed by atoms with Crippen molar-refractivity contribution in [2.45, 2.75) is 25.8 Å². The first kappa shape index (κ1) is 14.4. The first-order valence-electron chi connectivity index (χ1n) is 7.38. The predicted octanol–water partition coefficient (Wildman–Crippen LogP) is 3.76. The minimum absolute atomic E-state index is 0.0892. The SMILES string of the molecule is CCCNC(c1ccc2c(c1)CCO2)c1ccncc1Cl. The van der Waals surface area contributed by atoms with E-state index in [1.54, 1.807) is 12.4 Å². The Labute approximate surface area is 130 Å². The van der Waals surface area contributed by atoms with Crippen LogP contribution in [0.4, 0.5) is 0 Å². The third-order valence-corrected chi connectivity index (χ3v) is 4.08. The molecule has 2 heterocycles. The van der Waals surface area contributed by atoms with Crippen molar-refractivity contribution < 1.29 is 4.74 Å². The summed E-state index contributed by atoms with van der Waals surface area (Å²) in [5, 5.41) is 4.28. The van der Waals surface area contributed by atoms with Crippen LogP contribution in [-0.2, 0) is 6.42 Å². The smallest absolute Gasteiger partial charge is 0.122 e. The van der Waals surface area contributed by atoms with Crippen LogP contribution in [0.2, 0.25) is 5.02 Å². The Morgan fingerprint density at radius 3 is 3.10 bits per heavy atom. The maximum atomic E-state index is 6.34. The molecule has 3 rings (SSSR count). The van der Waals surface area contributed by atoms with Gasteiger partial charge in [-0.3, -0.25) is 4.98 Å². The van der Waals surface area contributed by atoms with Crippen molar-refractivity contribution in [3.8, 4) is 5.75 Å². The molecule has 1 aliphatic heterocycles. The number of hydrogen-bond donors (Lipinski definition) is 1. The quantitative estimate of drug-likeness (QED) is 0.913. The van der Waals surface area contributed by atoms with E-state index >= 15 is 0 Å². The lowest BCUT2D eigenvalue weighted by atomic mass is 9.97. The normalized spacial score (nSPS) is 14.6. The first-order chi connectivity index (χ1) is 10.3. The van der Waals surface area contributed by atoms with Gasteiger partial charge in [-0.05, 0) is 41.8 Å². The number of rotatable bonds is 5. The predicted molar refractivity (Wildman–Crippen MR) is 85.0 cm³/mol. The van der Waals surface area contributed by atoms with Crippen LogP contribution in [0.5, 0.6) is 5.75 Å². The molecule has 0 amide bonds. The van der Waals surface area contributed by atoms with Gasteiger partial charge in [-0.2, -0.15) is 0 Å².